The smallest absolute Gasteiger partial charge is 0.249 e. The van der Waals surface area contributed by atoms with E-state index in [1.165, 1.54) is 38.5 Å². The predicted octanol–water partition coefficient (Wildman–Crippen LogP) is 9.64. The van der Waals surface area contributed by atoms with Crippen molar-refractivity contribution in [2.45, 2.75) is 59.3 Å². The first-order chi connectivity index (χ1) is 21.9. The summed E-state index contributed by atoms with van der Waals surface area (Å²) in [6.45, 7) is 16.6. The van der Waals surface area contributed by atoms with Crippen LogP contribution in [-0.2, 0) is 17.9 Å². The average molecular weight is 606 g/mol. The number of imidazole rings is 1. The van der Waals surface area contributed by atoms with Crippen molar-refractivity contribution in [3.05, 3.63) is 120 Å². The number of aromatic nitrogens is 4. The van der Waals surface area contributed by atoms with Gasteiger partial charge in [-0.05, 0) is 88.4 Å². The van der Waals surface area contributed by atoms with Gasteiger partial charge in [-0.15, -0.1) is 0 Å². The third kappa shape index (κ3) is 3.81. The van der Waals surface area contributed by atoms with E-state index in [4.69, 9.17) is 9.72 Å². The van der Waals surface area contributed by atoms with Crippen molar-refractivity contribution in [1.82, 2.24) is 14.1 Å². The quantitative estimate of drug-likeness (QED) is 0.187. The highest BCUT2D eigenvalue weighted by Gasteiger charge is 2.57. The van der Waals surface area contributed by atoms with Gasteiger partial charge in [0.25, 0.3) is 0 Å². The molecule has 7 aromatic rings. The van der Waals surface area contributed by atoms with Crippen LogP contribution in [0, 0.1) is 12.3 Å². The molecule has 5 nitrogen and oxygen atoms in total. The molecule has 0 aliphatic heterocycles. The molecule has 0 unspecified atom stereocenters. The maximum Gasteiger partial charge on any atom is 0.249 e. The molecule has 1 aliphatic rings. The number of nitrogens with zero attached hydrogens (tertiary/aromatic N) is 4. The number of hydrogen-bond donors (Lipinski definition) is 0. The Morgan fingerprint density at radius 1 is 0.717 bits per heavy atom. The van der Waals surface area contributed by atoms with Crippen LogP contribution in [-0.4, -0.2) is 14.1 Å². The molecule has 230 valence electrons. The minimum Gasteiger partial charge on any atom is -0.457 e. The van der Waals surface area contributed by atoms with E-state index in [0.717, 1.165) is 34.0 Å². The van der Waals surface area contributed by atoms with Crippen molar-refractivity contribution in [2.24, 2.45) is 12.5 Å². The molecule has 0 saturated carbocycles. The fraction of sp³-hybridized carbons (Fsp3) is 0.268. The number of para-hydroxylation sites is 2. The van der Waals surface area contributed by atoms with E-state index < -0.39 is 0 Å². The van der Waals surface area contributed by atoms with Crippen LogP contribution >= 0.6 is 0 Å². The highest BCUT2D eigenvalue weighted by Crippen LogP contribution is 2.63. The van der Waals surface area contributed by atoms with Crippen LogP contribution in [0.1, 0.15) is 58.2 Å². The number of hydrogen-bond acceptors (Lipinski definition) is 2. The molecule has 1 aliphatic carbocycles. The summed E-state index contributed by atoms with van der Waals surface area (Å²) in [6, 6.07) is 32.2. The normalized spacial score (nSPS) is 16.3. The zero-order chi connectivity index (χ0) is 32.2. The van der Waals surface area contributed by atoms with Crippen LogP contribution in [0.25, 0.3) is 44.3 Å². The van der Waals surface area contributed by atoms with Gasteiger partial charge in [0.2, 0.25) is 6.33 Å². The second kappa shape index (κ2) is 9.56. The van der Waals surface area contributed by atoms with Crippen molar-refractivity contribution in [3.63, 3.8) is 0 Å². The molecule has 4 aromatic carbocycles. The van der Waals surface area contributed by atoms with E-state index >= 15 is 0 Å². The van der Waals surface area contributed by atoms with Crippen LogP contribution in [0.15, 0.2) is 104 Å². The maximum atomic E-state index is 6.62. The Hall–Kier alpha value is -4.90. The van der Waals surface area contributed by atoms with Crippen molar-refractivity contribution < 1.29 is 9.30 Å². The summed E-state index contributed by atoms with van der Waals surface area (Å²) in [4.78, 5) is 4.93. The first-order valence-electron chi connectivity index (χ1n) is 16.2. The highest BCUT2D eigenvalue weighted by molar-refractivity contribution is 6.11. The lowest BCUT2D eigenvalue weighted by Gasteiger charge is -2.44. The van der Waals surface area contributed by atoms with E-state index in [9.17, 15) is 0 Å². The summed E-state index contributed by atoms with van der Waals surface area (Å²) < 4.78 is 13.4. The Balaban J connectivity index is 1.32. The van der Waals surface area contributed by atoms with Gasteiger partial charge >= 0.3 is 0 Å². The molecule has 0 amide bonds. The Morgan fingerprint density at radius 2 is 1.48 bits per heavy atom. The highest BCUT2D eigenvalue weighted by atomic mass is 16.5. The van der Waals surface area contributed by atoms with Crippen molar-refractivity contribution in [1.29, 1.82) is 0 Å². The Labute approximate surface area is 270 Å². The summed E-state index contributed by atoms with van der Waals surface area (Å²) in [5.41, 5.74) is 9.73. The van der Waals surface area contributed by atoms with E-state index in [1.54, 1.807) is 0 Å². The van der Waals surface area contributed by atoms with Crippen LogP contribution in [0.3, 0.4) is 0 Å². The molecular weight excluding hydrogens is 564 g/mol. The molecule has 3 heterocycles. The summed E-state index contributed by atoms with van der Waals surface area (Å²) in [5, 5.41) is 2.45. The zero-order valence-electron chi connectivity index (χ0n) is 28.0. The second-order valence-corrected chi connectivity index (χ2v) is 14.6. The molecule has 0 fully saturated rings. The van der Waals surface area contributed by atoms with Crippen molar-refractivity contribution in [3.8, 4) is 23.0 Å². The van der Waals surface area contributed by atoms with Crippen LogP contribution in [0.4, 0.5) is 0 Å². The summed E-state index contributed by atoms with van der Waals surface area (Å²) in [6.07, 6.45) is 4.03. The molecular formula is C41H41N4O+. The number of pyridine rings is 1. The van der Waals surface area contributed by atoms with Crippen LogP contribution in [0.5, 0.6) is 11.5 Å². The lowest BCUT2D eigenvalue weighted by Crippen LogP contribution is -2.42. The largest absolute Gasteiger partial charge is 0.457 e. The van der Waals surface area contributed by atoms with Crippen LogP contribution in [0.2, 0.25) is 0 Å². The lowest BCUT2D eigenvalue weighted by atomic mass is 9.59. The molecule has 0 bridgehead atoms. The molecule has 8 rings (SSSR count). The molecule has 5 heteroatoms. The summed E-state index contributed by atoms with van der Waals surface area (Å²) in [5.74, 6) is 2.51. The number of ether oxygens (including phenoxy) is 1. The van der Waals surface area contributed by atoms with Gasteiger partial charge in [-0.1, -0.05) is 71.9 Å². The summed E-state index contributed by atoms with van der Waals surface area (Å²) in [7, 11) is 2.08. The third-order valence-corrected chi connectivity index (χ3v) is 11.6. The topological polar surface area (TPSA) is 35.9 Å². The molecule has 0 spiro atoms. The minimum atomic E-state index is -0.0691. The molecule has 46 heavy (non-hydrogen) atoms. The van der Waals surface area contributed by atoms with Gasteiger partial charge in [0, 0.05) is 29.1 Å². The van der Waals surface area contributed by atoms with Gasteiger partial charge in [-0.2, -0.15) is 4.57 Å². The van der Waals surface area contributed by atoms with Gasteiger partial charge in [0.1, 0.15) is 23.0 Å². The first-order valence-corrected chi connectivity index (χ1v) is 16.2. The number of rotatable bonds is 4. The van der Waals surface area contributed by atoms with E-state index in [2.05, 4.69) is 160 Å². The standard InChI is InChI=1S/C41H41N4O/c1-26-20-21-42-36(22-26)45-35-24-29(46-28-13-11-12-27(23-28)44-25-43(8)33-14-9-10-15-34(33)44)16-17-30(35)31-18-19-32-37(38(31)45)40(4,5)41(6,7)39(32,2)3/h9-25H,1-8H3/q+1. The summed E-state index contributed by atoms with van der Waals surface area (Å²) >= 11 is 0. The van der Waals surface area contributed by atoms with E-state index in [1.807, 2.05) is 12.3 Å². The zero-order valence-corrected chi connectivity index (χ0v) is 28.0. The second-order valence-electron chi connectivity index (χ2n) is 14.6. The lowest BCUT2D eigenvalue weighted by molar-refractivity contribution is -0.645. The molecule has 0 N–H and O–H groups in total. The fourth-order valence-corrected chi connectivity index (χ4v) is 7.92. The molecule has 0 saturated heterocycles. The SMILES string of the molecule is Cc1ccnc(-n2c3cc(Oc4cccc(-n5c[n+](C)c6ccccc65)c4)ccc3c3ccc4c(c32)C(C)(C)C(C)(C)C4(C)C)c1. The maximum absolute atomic E-state index is 6.62. The monoisotopic (exact) mass is 605 g/mol. The number of benzene rings is 4. The third-order valence-electron chi connectivity index (χ3n) is 11.6. The molecule has 3 aromatic heterocycles. The van der Waals surface area contributed by atoms with Crippen molar-refractivity contribution >= 4 is 32.8 Å². The van der Waals surface area contributed by atoms with Gasteiger partial charge in [0.05, 0.1) is 18.1 Å². The molecule has 0 atom stereocenters. The number of aryl methyl sites for hydroxylation is 2. The fourth-order valence-electron chi connectivity index (χ4n) is 7.92. The Kier molecular flexibility index (Phi) is 5.93. The van der Waals surface area contributed by atoms with Gasteiger partial charge in [-0.3, -0.25) is 4.57 Å². The van der Waals surface area contributed by atoms with Gasteiger partial charge in [-0.25, -0.2) is 9.55 Å². The Morgan fingerprint density at radius 3 is 2.28 bits per heavy atom. The van der Waals surface area contributed by atoms with E-state index in [0.29, 0.717) is 0 Å². The van der Waals surface area contributed by atoms with E-state index in [-0.39, 0.29) is 16.2 Å². The Bertz CT molecular complexity index is 2350. The number of fused-ring (bicyclic) bond motifs is 6. The first kappa shape index (κ1) is 28.6. The van der Waals surface area contributed by atoms with Crippen LogP contribution < -0.4 is 9.30 Å². The minimum absolute atomic E-state index is 0.00270. The predicted molar refractivity (Wildman–Crippen MR) is 188 cm³/mol. The average Bonchev–Trinajstić information content (AvgIpc) is 3.57. The molecule has 0 radical (unpaired) electrons. The van der Waals surface area contributed by atoms with Gasteiger partial charge in [0.15, 0.2) is 11.0 Å². The van der Waals surface area contributed by atoms with Crippen molar-refractivity contribution in [2.75, 3.05) is 0 Å². The van der Waals surface area contributed by atoms with Gasteiger partial charge < -0.3 is 4.74 Å².